The van der Waals surface area contributed by atoms with Crippen molar-refractivity contribution in [3.05, 3.63) is 71.9 Å². The molecule has 0 spiro atoms. The molecule has 6 N–H and O–H groups in total. The van der Waals surface area contributed by atoms with Gasteiger partial charge in [0.25, 0.3) is 5.91 Å². The summed E-state index contributed by atoms with van der Waals surface area (Å²) < 4.78 is 1.83. The molecule has 4 rings (SSSR count). The average molecular weight is 532 g/mol. The molecule has 1 fully saturated rings. The highest BCUT2D eigenvalue weighted by Gasteiger charge is 2.37. The van der Waals surface area contributed by atoms with E-state index in [0.717, 1.165) is 35.7 Å². The van der Waals surface area contributed by atoms with E-state index < -0.39 is 12.1 Å². The molecular formula is C29H37N7O3. The Hall–Kier alpha value is -4.34. The van der Waals surface area contributed by atoms with Crippen LogP contribution >= 0.6 is 0 Å². The van der Waals surface area contributed by atoms with Crippen molar-refractivity contribution < 1.29 is 14.4 Å². The number of hydrogen-bond donors (Lipinski definition) is 4. The number of amides is 3. The van der Waals surface area contributed by atoms with Crippen LogP contribution < -0.4 is 22.1 Å². The molecule has 3 aromatic rings. The zero-order valence-corrected chi connectivity index (χ0v) is 22.3. The van der Waals surface area contributed by atoms with Crippen molar-refractivity contribution in [3.63, 3.8) is 0 Å². The predicted octanol–water partition coefficient (Wildman–Crippen LogP) is 1.68. The third kappa shape index (κ3) is 6.95. The van der Waals surface area contributed by atoms with E-state index in [1.54, 1.807) is 4.90 Å². The second-order valence-electron chi connectivity index (χ2n) is 9.86. The molecule has 1 aliphatic rings. The quantitative estimate of drug-likeness (QED) is 0.169. The standard InChI is InChI=1S/C29H37N7O3/c1-35-23-13-6-5-12-21(23)19-25(35)27(38)34-22(18-20-10-3-2-4-11-20)28(39)36-17-9-14-24(36)26(37)32-15-7-8-16-33-29(30)31/h2-6,10-13,19,22,24H,7-9,14-18H2,1H3,(H,32,37)(H,34,38)(H4,30,31,33)/t22-,24+/m1/s1. The minimum Gasteiger partial charge on any atom is -0.370 e. The summed E-state index contributed by atoms with van der Waals surface area (Å²) in [5, 5.41) is 6.87. The minimum atomic E-state index is -0.814. The largest absolute Gasteiger partial charge is 0.370 e. The summed E-state index contributed by atoms with van der Waals surface area (Å²) in [6, 6.07) is 17.8. The number of hydrogen-bond acceptors (Lipinski definition) is 4. The number of likely N-dealkylation sites (tertiary alicyclic amines) is 1. The number of benzene rings is 2. The molecule has 39 heavy (non-hydrogen) atoms. The van der Waals surface area contributed by atoms with Gasteiger partial charge in [0.2, 0.25) is 11.8 Å². The molecule has 2 aromatic carbocycles. The summed E-state index contributed by atoms with van der Waals surface area (Å²) in [5.41, 5.74) is 13.0. The Morgan fingerprint density at radius 1 is 1.05 bits per heavy atom. The van der Waals surface area contributed by atoms with Crippen LogP contribution in [0.4, 0.5) is 0 Å². The molecule has 1 saturated heterocycles. The highest BCUT2D eigenvalue weighted by atomic mass is 16.2. The Morgan fingerprint density at radius 3 is 2.54 bits per heavy atom. The zero-order chi connectivity index (χ0) is 27.8. The molecule has 0 radical (unpaired) electrons. The summed E-state index contributed by atoms with van der Waals surface area (Å²) in [6.45, 7) is 1.45. The number of aryl methyl sites for hydroxylation is 1. The van der Waals surface area contributed by atoms with E-state index in [4.69, 9.17) is 11.5 Å². The molecule has 0 saturated carbocycles. The Morgan fingerprint density at radius 2 is 1.79 bits per heavy atom. The number of carbonyl (C=O) groups is 3. The third-order valence-corrected chi connectivity index (χ3v) is 7.09. The third-order valence-electron chi connectivity index (χ3n) is 7.09. The Kier molecular flexibility index (Phi) is 9.19. The van der Waals surface area contributed by atoms with Crippen molar-refractivity contribution in [3.8, 4) is 0 Å². The lowest BCUT2D eigenvalue weighted by molar-refractivity contribution is -0.139. The number of aromatic nitrogens is 1. The molecule has 10 heteroatoms. The second kappa shape index (κ2) is 12.9. The molecule has 0 bridgehead atoms. The number of para-hydroxylation sites is 1. The van der Waals surface area contributed by atoms with E-state index in [-0.39, 0.29) is 23.7 Å². The number of nitrogens with zero attached hydrogens (tertiary/aromatic N) is 3. The highest BCUT2D eigenvalue weighted by molar-refractivity contribution is 6.01. The summed E-state index contributed by atoms with van der Waals surface area (Å²) in [6.07, 6.45) is 3.10. The SMILES string of the molecule is Cn1c(C(=O)N[C@H](Cc2ccccc2)C(=O)N2CCC[C@H]2C(=O)NCCCCN=C(N)N)cc2ccccc21. The van der Waals surface area contributed by atoms with Gasteiger partial charge in [-0.05, 0) is 43.4 Å². The summed E-state index contributed by atoms with van der Waals surface area (Å²) in [5.74, 6) is -0.710. The van der Waals surface area contributed by atoms with Crippen molar-refractivity contribution in [2.75, 3.05) is 19.6 Å². The lowest BCUT2D eigenvalue weighted by Crippen LogP contribution is -2.54. The van der Waals surface area contributed by atoms with Crippen molar-refractivity contribution in [1.29, 1.82) is 0 Å². The number of guanidine groups is 1. The molecule has 1 aromatic heterocycles. The monoisotopic (exact) mass is 531 g/mol. The number of nitrogens with one attached hydrogen (secondary N) is 2. The van der Waals surface area contributed by atoms with E-state index in [1.807, 2.05) is 72.3 Å². The molecule has 1 aliphatic heterocycles. The van der Waals surface area contributed by atoms with Crippen LogP contribution in [0, 0.1) is 0 Å². The number of aliphatic imine (C=N–C) groups is 1. The molecule has 0 unspecified atom stereocenters. The van der Waals surface area contributed by atoms with Gasteiger partial charge in [0, 0.05) is 44.0 Å². The van der Waals surface area contributed by atoms with E-state index >= 15 is 0 Å². The van der Waals surface area contributed by atoms with Crippen molar-refractivity contribution in [1.82, 2.24) is 20.1 Å². The van der Waals surface area contributed by atoms with Gasteiger partial charge in [-0.1, -0.05) is 48.5 Å². The van der Waals surface area contributed by atoms with Crippen LogP contribution in [-0.2, 0) is 23.1 Å². The average Bonchev–Trinajstić information content (AvgIpc) is 3.55. The first-order valence-corrected chi connectivity index (χ1v) is 13.4. The zero-order valence-electron chi connectivity index (χ0n) is 22.3. The predicted molar refractivity (Wildman–Crippen MR) is 152 cm³/mol. The van der Waals surface area contributed by atoms with Gasteiger partial charge in [-0.15, -0.1) is 0 Å². The number of rotatable bonds is 11. The Bertz CT molecular complexity index is 1330. The molecular weight excluding hydrogens is 494 g/mol. The first-order valence-electron chi connectivity index (χ1n) is 13.4. The lowest BCUT2D eigenvalue weighted by atomic mass is 10.0. The maximum atomic E-state index is 13.9. The normalized spacial score (nSPS) is 15.6. The fourth-order valence-corrected chi connectivity index (χ4v) is 5.07. The molecule has 10 nitrogen and oxygen atoms in total. The van der Waals surface area contributed by atoms with E-state index in [9.17, 15) is 14.4 Å². The molecule has 2 atom stereocenters. The van der Waals surface area contributed by atoms with Crippen LogP contribution in [0.1, 0.15) is 41.7 Å². The van der Waals surface area contributed by atoms with Crippen LogP contribution in [0.3, 0.4) is 0 Å². The van der Waals surface area contributed by atoms with E-state index in [1.165, 1.54) is 0 Å². The second-order valence-corrected chi connectivity index (χ2v) is 9.86. The maximum Gasteiger partial charge on any atom is 0.268 e. The molecule has 3 amide bonds. The summed E-state index contributed by atoms with van der Waals surface area (Å²) >= 11 is 0. The van der Waals surface area contributed by atoms with Crippen LogP contribution in [-0.4, -0.2) is 64.9 Å². The van der Waals surface area contributed by atoms with E-state index in [0.29, 0.717) is 38.2 Å². The van der Waals surface area contributed by atoms with Crippen LogP contribution in [0.25, 0.3) is 10.9 Å². The molecule has 0 aliphatic carbocycles. The van der Waals surface area contributed by atoms with Gasteiger partial charge >= 0.3 is 0 Å². The van der Waals surface area contributed by atoms with Gasteiger partial charge in [0.15, 0.2) is 5.96 Å². The van der Waals surface area contributed by atoms with Crippen molar-refractivity contribution >= 4 is 34.6 Å². The topological polar surface area (TPSA) is 148 Å². The van der Waals surface area contributed by atoms with Gasteiger partial charge in [0.1, 0.15) is 17.8 Å². The van der Waals surface area contributed by atoms with Gasteiger partial charge in [-0.25, -0.2) is 0 Å². The fourth-order valence-electron chi connectivity index (χ4n) is 5.07. The number of nitrogens with two attached hydrogens (primary N) is 2. The Balaban J connectivity index is 1.46. The molecule has 206 valence electrons. The van der Waals surface area contributed by atoms with E-state index in [2.05, 4.69) is 15.6 Å². The first-order chi connectivity index (χ1) is 18.8. The lowest BCUT2D eigenvalue weighted by Gasteiger charge is -2.29. The van der Waals surface area contributed by atoms with Crippen molar-refractivity contribution in [2.24, 2.45) is 23.5 Å². The highest BCUT2D eigenvalue weighted by Crippen LogP contribution is 2.21. The van der Waals surface area contributed by atoms with Gasteiger partial charge in [-0.3, -0.25) is 19.4 Å². The smallest absolute Gasteiger partial charge is 0.268 e. The van der Waals surface area contributed by atoms with Gasteiger partial charge in [0.05, 0.1) is 0 Å². The number of carbonyl (C=O) groups excluding carboxylic acids is 3. The summed E-state index contributed by atoms with van der Waals surface area (Å²) in [7, 11) is 1.84. The van der Waals surface area contributed by atoms with Crippen LogP contribution in [0.15, 0.2) is 65.7 Å². The number of unbranched alkanes of at least 4 members (excludes halogenated alkanes) is 1. The van der Waals surface area contributed by atoms with Gasteiger partial charge < -0.3 is 31.6 Å². The maximum absolute atomic E-state index is 13.9. The fraction of sp³-hybridized carbons (Fsp3) is 0.379. The molecule has 2 heterocycles. The van der Waals surface area contributed by atoms with Crippen LogP contribution in [0.5, 0.6) is 0 Å². The first kappa shape index (κ1) is 27.7. The van der Waals surface area contributed by atoms with Crippen LogP contribution in [0.2, 0.25) is 0 Å². The number of fused-ring (bicyclic) bond motifs is 1. The van der Waals surface area contributed by atoms with Crippen molar-refractivity contribution in [2.45, 2.75) is 44.2 Å². The Labute approximate surface area is 228 Å². The summed E-state index contributed by atoms with van der Waals surface area (Å²) in [4.78, 5) is 45.9. The minimum absolute atomic E-state index is 0.0525. The van der Waals surface area contributed by atoms with Gasteiger partial charge in [-0.2, -0.15) is 0 Å².